The summed E-state index contributed by atoms with van der Waals surface area (Å²) in [6.45, 7) is 1.39. The van der Waals surface area contributed by atoms with E-state index in [9.17, 15) is 0 Å². The Kier molecular flexibility index (Phi) is 7.34. The lowest BCUT2D eigenvalue weighted by Gasteiger charge is -2.16. The van der Waals surface area contributed by atoms with Gasteiger partial charge in [-0.3, -0.25) is 4.40 Å². The number of nitrogens with one attached hydrogen (secondary N) is 1. The highest BCUT2D eigenvalue weighted by Crippen LogP contribution is 2.40. The van der Waals surface area contributed by atoms with Crippen molar-refractivity contribution in [2.75, 3.05) is 27.9 Å². The molecule has 3 heterocycles. The fraction of sp³-hybridized carbons (Fsp3) is 0.321. The highest BCUT2D eigenvalue weighted by molar-refractivity contribution is 7.80. The largest absolute Gasteiger partial charge is 0.497 e. The van der Waals surface area contributed by atoms with Gasteiger partial charge in [0.25, 0.3) is 0 Å². The lowest BCUT2D eigenvalue weighted by molar-refractivity contribution is -0.0964. The van der Waals surface area contributed by atoms with Crippen molar-refractivity contribution in [3.8, 4) is 28.1 Å². The second-order valence-electron chi connectivity index (χ2n) is 8.87. The van der Waals surface area contributed by atoms with E-state index in [0.29, 0.717) is 11.5 Å². The molecule has 0 radical (unpaired) electrons. The van der Waals surface area contributed by atoms with Gasteiger partial charge in [0.2, 0.25) is 0 Å². The minimum atomic E-state index is -0.393. The smallest absolute Gasteiger partial charge is 0.173 e. The van der Waals surface area contributed by atoms with Crippen LogP contribution in [0.1, 0.15) is 24.1 Å². The number of imidazole rings is 1. The summed E-state index contributed by atoms with van der Waals surface area (Å²) in [6, 6.07) is 16.3. The fourth-order valence-electron chi connectivity index (χ4n) is 5.05. The van der Waals surface area contributed by atoms with Crippen LogP contribution in [0.4, 0.5) is 0 Å². The Balaban J connectivity index is 1.72. The second-order valence-corrected chi connectivity index (χ2v) is 9.71. The number of hydrogen-bond donors (Lipinski definition) is 1. The van der Waals surface area contributed by atoms with Gasteiger partial charge >= 0.3 is 0 Å². The van der Waals surface area contributed by atoms with Crippen molar-refractivity contribution in [1.29, 1.82) is 0 Å². The number of halogens is 1. The Morgan fingerprint density at radius 3 is 2.36 bits per heavy atom. The first-order valence-electron chi connectivity index (χ1n) is 12.1. The van der Waals surface area contributed by atoms with Crippen LogP contribution in [-0.4, -0.2) is 48.1 Å². The second kappa shape index (κ2) is 10.6. The van der Waals surface area contributed by atoms with Crippen LogP contribution in [0.3, 0.4) is 0 Å². The Bertz CT molecular complexity index is 1370. The minimum absolute atomic E-state index is 0.393. The van der Waals surface area contributed by atoms with Gasteiger partial charge in [-0.05, 0) is 54.7 Å². The molecule has 0 saturated heterocycles. The number of aryl methyl sites for hydroxylation is 2. The molecule has 0 amide bonds. The van der Waals surface area contributed by atoms with E-state index >= 15 is 0 Å². The molecule has 2 aromatic carbocycles. The number of nitrogens with zero attached hydrogens (tertiary/aromatic N) is 2. The molecule has 2 aromatic heterocycles. The van der Waals surface area contributed by atoms with Gasteiger partial charge in [0.05, 0.1) is 25.0 Å². The SMILES string of the molecule is COc1ccc(-c2c3c4n(c(-c5ccc(Cl)cc5)cn4c2C(=S)NCC(OC)OC)CCCC3)cc1. The van der Waals surface area contributed by atoms with Crippen LogP contribution >= 0.6 is 23.8 Å². The first-order chi connectivity index (χ1) is 17.5. The van der Waals surface area contributed by atoms with Crippen LogP contribution in [0.5, 0.6) is 5.75 Å². The molecule has 1 aliphatic rings. The zero-order valence-electron chi connectivity index (χ0n) is 20.7. The summed E-state index contributed by atoms with van der Waals surface area (Å²) < 4.78 is 20.9. The summed E-state index contributed by atoms with van der Waals surface area (Å²) in [4.78, 5) is 0.654. The number of hydrogen-bond acceptors (Lipinski definition) is 4. The zero-order chi connectivity index (χ0) is 25.2. The quantitative estimate of drug-likeness (QED) is 0.228. The first-order valence-corrected chi connectivity index (χ1v) is 12.8. The predicted octanol–water partition coefficient (Wildman–Crippen LogP) is 5.96. The van der Waals surface area contributed by atoms with E-state index in [1.165, 1.54) is 11.2 Å². The molecule has 0 atom stereocenters. The van der Waals surface area contributed by atoms with E-state index in [1.54, 1.807) is 21.3 Å². The van der Waals surface area contributed by atoms with E-state index < -0.39 is 6.29 Å². The van der Waals surface area contributed by atoms with Crippen LogP contribution in [0.2, 0.25) is 5.02 Å². The van der Waals surface area contributed by atoms with Crippen molar-refractivity contribution in [3.05, 3.63) is 71.0 Å². The lowest BCUT2D eigenvalue weighted by atomic mass is 9.98. The van der Waals surface area contributed by atoms with Crippen molar-refractivity contribution >= 4 is 34.5 Å². The number of methoxy groups -OCH3 is 3. The highest BCUT2D eigenvalue weighted by atomic mass is 35.5. The van der Waals surface area contributed by atoms with Gasteiger partial charge in [0, 0.05) is 43.1 Å². The Hall–Kier alpha value is -2.84. The molecule has 0 unspecified atom stereocenters. The van der Waals surface area contributed by atoms with Gasteiger partial charge in [0.15, 0.2) is 6.29 Å². The van der Waals surface area contributed by atoms with Gasteiger partial charge in [-0.15, -0.1) is 0 Å². The molecule has 36 heavy (non-hydrogen) atoms. The number of aromatic nitrogens is 2. The van der Waals surface area contributed by atoms with E-state index in [0.717, 1.165) is 64.7 Å². The summed E-state index contributed by atoms with van der Waals surface area (Å²) in [5.74, 6) is 0.827. The molecule has 0 saturated carbocycles. The van der Waals surface area contributed by atoms with Crippen molar-refractivity contribution in [3.63, 3.8) is 0 Å². The third-order valence-corrected chi connectivity index (χ3v) is 7.41. The summed E-state index contributed by atoms with van der Waals surface area (Å²) in [6.07, 6.45) is 5.02. The molecule has 5 rings (SSSR count). The molecule has 0 spiro atoms. The predicted molar refractivity (Wildman–Crippen MR) is 148 cm³/mol. The first kappa shape index (κ1) is 24.8. The fourth-order valence-corrected chi connectivity index (χ4v) is 5.46. The van der Waals surface area contributed by atoms with Crippen molar-refractivity contribution in [2.24, 2.45) is 0 Å². The summed E-state index contributed by atoms with van der Waals surface area (Å²) in [7, 11) is 4.93. The molecule has 0 fully saturated rings. The van der Waals surface area contributed by atoms with Gasteiger partial charge in [0.1, 0.15) is 16.4 Å². The topological polar surface area (TPSA) is 49.1 Å². The van der Waals surface area contributed by atoms with E-state index in [1.807, 2.05) is 24.3 Å². The average molecular weight is 524 g/mol. The summed E-state index contributed by atoms with van der Waals surface area (Å²) in [5.41, 5.74) is 8.04. The van der Waals surface area contributed by atoms with E-state index in [4.69, 9.17) is 38.0 Å². The maximum atomic E-state index is 6.19. The van der Waals surface area contributed by atoms with Crippen LogP contribution in [0.15, 0.2) is 54.7 Å². The van der Waals surface area contributed by atoms with Gasteiger partial charge < -0.3 is 24.1 Å². The van der Waals surface area contributed by atoms with E-state index in [2.05, 4.69) is 44.7 Å². The maximum absolute atomic E-state index is 6.19. The zero-order valence-corrected chi connectivity index (χ0v) is 22.3. The molecule has 4 aromatic rings. The summed E-state index contributed by atoms with van der Waals surface area (Å²) in [5, 5.41) is 4.11. The van der Waals surface area contributed by atoms with Crippen LogP contribution in [0.25, 0.3) is 28.0 Å². The van der Waals surface area contributed by atoms with Crippen molar-refractivity contribution < 1.29 is 14.2 Å². The van der Waals surface area contributed by atoms with Crippen molar-refractivity contribution in [1.82, 2.24) is 14.3 Å². The van der Waals surface area contributed by atoms with Gasteiger partial charge in [-0.1, -0.05) is 48.1 Å². The molecule has 0 aliphatic carbocycles. The Morgan fingerprint density at radius 2 is 1.69 bits per heavy atom. The third kappa shape index (κ3) is 4.52. The minimum Gasteiger partial charge on any atom is -0.497 e. The van der Waals surface area contributed by atoms with Crippen LogP contribution in [-0.2, 0) is 22.4 Å². The molecule has 6 nitrogen and oxygen atoms in total. The van der Waals surface area contributed by atoms with Gasteiger partial charge in [-0.2, -0.15) is 0 Å². The normalized spacial score (nSPS) is 13.2. The number of thiocarbonyl (C=S) groups is 1. The standard InChI is InChI=1S/C28H30ClN3O3S/c1-33-21-13-9-19(10-14-21)25-22-6-4-5-15-31-23(18-7-11-20(29)12-8-18)17-32(28(22)31)26(25)27(36)30-16-24(34-2)35-3/h7-14,17,24H,4-6,15-16H2,1-3H3,(H,30,36). The number of rotatable bonds is 8. The molecule has 8 heteroatoms. The Morgan fingerprint density at radius 1 is 1.00 bits per heavy atom. The average Bonchev–Trinajstić information content (AvgIpc) is 3.32. The van der Waals surface area contributed by atoms with Crippen LogP contribution in [0, 0.1) is 0 Å². The molecular formula is C28H30ClN3O3S. The molecule has 188 valence electrons. The maximum Gasteiger partial charge on any atom is 0.173 e. The highest BCUT2D eigenvalue weighted by Gasteiger charge is 2.28. The van der Waals surface area contributed by atoms with Crippen molar-refractivity contribution in [2.45, 2.75) is 32.1 Å². The molecule has 1 aliphatic heterocycles. The molecule has 0 bridgehead atoms. The molecule has 1 N–H and O–H groups in total. The lowest BCUT2D eigenvalue weighted by Crippen LogP contribution is -2.34. The Labute approximate surface area is 221 Å². The molecular weight excluding hydrogens is 494 g/mol. The third-order valence-electron chi connectivity index (χ3n) is 6.82. The van der Waals surface area contributed by atoms with Crippen LogP contribution < -0.4 is 10.1 Å². The van der Waals surface area contributed by atoms with Gasteiger partial charge in [-0.25, -0.2) is 0 Å². The number of benzene rings is 2. The van der Waals surface area contributed by atoms with E-state index in [-0.39, 0.29) is 0 Å². The monoisotopic (exact) mass is 523 g/mol. The number of ether oxygens (including phenoxy) is 3. The summed E-state index contributed by atoms with van der Waals surface area (Å²) >= 11 is 12.2.